The van der Waals surface area contributed by atoms with Crippen molar-refractivity contribution in [1.29, 1.82) is 0 Å². The van der Waals surface area contributed by atoms with Crippen LogP contribution in [0.3, 0.4) is 0 Å². The molecular weight excluding hydrogens is 380 g/mol. The molecule has 0 radical (unpaired) electrons. The molecule has 1 saturated carbocycles. The fourth-order valence-corrected chi connectivity index (χ4v) is 3.93. The van der Waals surface area contributed by atoms with E-state index in [-0.39, 0.29) is 12.0 Å². The molecule has 8 heteroatoms. The standard InChI is InChI=1S/C22H24N6O2/c29-19-5-2-10-27(13-19)18-8-9-23-20(12-18)22(30)25-16-4-1-3-15(11-16)21-26-24-14-28(21)17-6-7-17/h1,3-4,8-9,11-12,14,17,19,29H,2,5-7,10,13H2,(H,25,30). The minimum Gasteiger partial charge on any atom is -0.391 e. The van der Waals surface area contributed by atoms with Crippen LogP contribution in [0.15, 0.2) is 48.9 Å². The number of β-amino-alcohol motifs (C(OH)–C–C–N with tert-alkyl or cyclic N) is 1. The van der Waals surface area contributed by atoms with E-state index in [1.165, 1.54) is 0 Å². The van der Waals surface area contributed by atoms with Crippen LogP contribution in [-0.4, -0.2) is 50.0 Å². The molecular formula is C22H24N6O2. The number of aromatic nitrogens is 4. The molecule has 154 valence electrons. The Kier molecular flexibility index (Phi) is 4.92. The fourth-order valence-electron chi connectivity index (χ4n) is 3.93. The zero-order valence-corrected chi connectivity index (χ0v) is 16.6. The van der Waals surface area contributed by atoms with Crippen LogP contribution in [0.1, 0.15) is 42.2 Å². The summed E-state index contributed by atoms with van der Waals surface area (Å²) in [6.45, 7) is 1.45. The zero-order valence-electron chi connectivity index (χ0n) is 16.6. The highest BCUT2D eigenvalue weighted by atomic mass is 16.3. The van der Waals surface area contributed by atoms with Gasteiger partial charge in [0.05, 0.1) is 6.10 Å². The van der Waals surface area contributed by atoms with Crippen molar-refractivity contribution >= 4 is 17.3 Å². The Morgan fingerprint density at radius 1 is 1.17 bits per heavy atom. The van der Waals surface area contributed by atoms with E-state index in [1.807, 2.05) is 30.3 Å². The second-order valence-corrected chi connectivity index (χ2v) is 7.97. The Balaban J connectivity index is 1.33. The number of amides is 1. The Labute approximate surface area is 174 Å². The first-order valence-corrected chi connectivity index (χ1v) is 10.4. The average Bonchev–Trinajstić information content (AvgIpc) is 3.50. The minimum absolute atomic E-state index is 0.268. The molecule has 2 aromatic heterocycles. The predicted octanol–water partition coefficient (Wildman–Crippen LogP) is 2.89. The molecule has 1 saturated heterocycles. The molecule has 30 heavy (non-hydrogen) atoms. The summed E-state index contributed by atoms with van der Waals surface area (Å²) in [5.74, 6) is 0.549. The summed E-state index contributed by atoms with van der Waals surface area (Å²) in [6, 6.07) is 11.8. The third-order valence-corrected chi connectivity index (χ3v) is 5.63. The molecule has 3 aromatic rings. The summed E-state index contributed by atoms with van der Waals surface area (Å²) in [5.41, 5.74) is 2.85. The summed E-state index contributed by atoms with van der Waals surface area (Å²) < 4.78 is 2.10. The first-order valence-electron chi connectivity index (χ1n) is 10.4. The van der Waals surface area contributed by atoms with Gasteiger partial charge in [-0.3, -0.25) is 9.78 Å². The Bertz CT molecular complexity index is 1060. The quantitative estimate of drug-likeness (QED) is 0.679. The molecule has 1 aliphatic carbocycles. The van der Waals surface area contributed by atoms with Gasteiger partial charge in [0.1, 0.15) is 12.0 Å². The molecule has 1 amide bonds. The van der Waals surface area contributed by atoms with Gasteiger partial charge in [0.15, 0.2) is 5.82 Å². The number of hydrogen-bond acceptors (Lipinski definition) is 6. The van der Waals surface area contributed by atoms with Gasteiger partial charge in [0, 0.05) is 42.3 Å². The van der Waals surface area contributed by atoms with Crippen molar-refractivity contribution in [3.8, 4) is 11.4 Å². The first-order chi connectivity index (χ1) is 14.7. The van der Waals surface area contributed by atoms with E-state index in [2.05, 4.69) is 30.0 Å². The summed E-state index contributed by atoms with van der Waals surface area (Å²) in [5, 5.41) is 21.2. The molecule has 2 N–H and O–H groups in total. The molecule has 5 rings (SSSR count). The van der Waals surface area contributed by atoms with Gasteiger partial charge in [0.2, 0.25) is 0 Å². The number of hydrogen-bond donors (Lipinski definition) is 2. The van der Waals surface area contributed by atoms with Crippen molar-refractivity contribution in [2.75, 3.05) is 23.3 Å². The monoisotopic (exact) mass is 404 g/mol. The van der Waals surface area contributed by atoms with Gasteiger partial charge in [-0.2, -0.15) is 0 Å². The Hall–Kier alpha value is -3.26. The Morgan fingerprint density at radius 3 is 2.90 bits per heavy atom. The summed E-state index contributed by atoms with van der Waals surface area (Å²) in [4.78, 5) is 19.2. The van der Waals surface area contributed by atoms with Crippen LogP contribution in [-0.2, 0) is 0 Å². The number of anilines is 2. The molecule has 1 aliphatic heterocycles. The van der Waals surface area contributed by atoms with E-state index in [0.717, 1.165) is 49.3 Å². The van der Waals surface area contributed by atoms with E-state index in [9.17, 15) is 9.90 Å². The van der Waals surface area contributed by atoms with Crippen molar-refractivity contribution in [3.63, 3.8) is 0 Å². The van der Waals surface area contributed by atoms with Crippen LogP contribution in [0.25, 0.3) is 11.4 Å². The van der Waals surface area contributed by atoms with Crippen LogP contribution in [0.2, 0.25) is 0 Å². The topological polar surface area (TPSA) is 96.2 Å². The van der Waals surface area contributed by atoms with Crippen molar-refractivity contribution in [2.45, 2.75) is 37.8 Å². The summed E-state index contributed by atoms with van der Waals surface area (Å²) in [7, 11) is 0. The third-order valence-electron chi connectivity index (χ3n) is 5.63. The highest BCUT2D eigenvalue weighted by molar-refractivity contribution is 6.03. The highest BCUT2D eigenvalue weighted by Crippen LogP contribution is 2.37. The maximum absolute atomic E-state index is 12.8. The number of nitrogens with zero attached hydrogens (tertiary/aromatic N) is 5. The molecule has 2 aliphatic rings. The van der Waals surface area contributed by atoms with E-state index in [4.69, 9.17) is 0 Å². The van der Waals surface area contributed by atoms with Gasteiger partial charge in [-0.25, -0.2) is 0 Å². The lowest BCUT2D eigenvalue weighted by molar-refractivity contribution is 0.102. The molecule has 1 atom stereocenters. The maximum atomic E-state index is 12.8. The number of benzene rings is 1. The second-order valence-electron chi connectivity index (χ2n) is 7.97. The number of nitrogens with one attached hydrogen (secondary N) is 1. The van der Waals surface area contributed by atoms with Crippen molar-refractivity contribution in [1.82, 2.24) is 19.7 Å². The van der Waals surface area contributed by atoms with Crippen molar-refractivity contribution in [2.24, 2.45) is 0 Å². The highest BCUT2D eigenvalue weighted by Gasteiger charge is 2.26. The number of carbonyl (C=O) groups excluding carboxylic acids is 1. The van der Waals surface area contributed by atoms with Crippen molar-refractivity contribution in [3.05, 3.63) is 54.6 Å². The molecule has 2 fully saturated rings. The minimum atomic E-state index is -0.329. The van der Waals surface area contributed by atoms with Crippen LogP contribution in [0.4, 0.5) is 11.4 Å². The molecule has 3 heterocycles. The molecule has 0 bridgehead atoms. The van der Waals surface area contributed by atoms with Gasteiger partial charge < -0.3 is 19.9 Å². The Morgan fingerprint density at radius 2 is 2.07 bits per heavy atom. The second kappa shape index (κ2) is 7.87. The lowest BCUT2D eigenvalue weighted by Gasteiger charge is -2.32. The van der Waals surface area contributed by atoms with Gasteiger partial charge in [-0.15, -0.1) is 10.2 Å². The number of rotatable bonds is 5. The number of aliphatic hydroxyl groups is 1. The smallest absolute Gasteiger partial charge is 0.274 e. The first kappa shape index (κ1) is 18.7. The SMILES string of the molecule is O=C(Nc1cccc(-c2nncn2C2CC2)c1)c1cc(N2CCCC(O)C2)ccn1. The van der Waals surface area contributed by atoms with Gasteiger partial charge in [0.25, 0.3) is 5.91 Å². The lowest BCUT2D eigenvalue weighted by atomic mass is 10.1. The van der Waals surface area contributed by atoms with Crippen LogP contribution in [0, 0.1) is 0 Å². The normalized spacial score (nSPS) is 19.0. The lowest BCUT2D eigenvalue weighted by Crippen LogP contribution is -2.38. The van der Waals surface area contributed by atoms with Crippen LogP contribution in [0.5, 0.6) is 0 Å². The molecule has 1 unspecified atom stereocenters. The van der Waals surface area contributed by atoms with E-state index in [0.29, 0.717) is 24.0 Å². The third kappa shape index (κ3) is 3.91. The largest absolute Gasteiger partial charge is 0.391 e. The van der Waals surface area contributed by atoms with Gasteiger partial charge >= 0.3 is 0 Å². The molecule has 1 aromatic carbocycles. The van der Waals surface area contributed by atoms with E-state index < -0.39 is 0 Å². The number of aliphatic hydroxyl groups excluding tert-OH is 1. The maximum Gasteiger partial charge on any atom is 0.274 e. The number of pyridine rings is 1. The van der Waals surface area contributed by atoms with Crippen LogP contribution >= 0.6 is 0 Å². The number of piperidine rings is 1. The van der Waals surface area contributed by atoms with Gasteiger partial charge in [-0.05, 0) is 49.9 Å². The summed E-state index contributed by atoms with van der Waals surface area (Å²) >= 11 is 0. The number of carbonyl (C=O) groups is 1. The average molecular weight is 404 g/mol. The van der Waals surface area contributed by atoms with Crippen molar-refractivity contribution < 1.29 is 9.90 Å². The zero-order chi connectivity index (χ0) is 20.5. The van der Waals surface area contributed by atoms with E-state index in [1.54, 1.807) is 18.6 Å². The van der Waals surface area contributed by atoms with Crippen LogP contribution < -0.4 is 10.2 Å². The fraction of sp³-hybridized carbons (Fsp3) is 0.364. The molecule has 0 spiro atoms. The predicted molar refractivity (Wildman–Crippen MR) is 113 cm³/mol. The van der Waals surface area contributed by atoms with Gasteiger partial charge in [-0.1, -0.05) is 12.1 Å². The summed E-state index contributed by atoms with van der Waals surface area (Å²) in [6.07, 6.45) is 7.13. The van der Waals surface area contributed by atoms with E-state index >= 15 is 0 Å². The molecule has 8 nitrogen and oxygen atoms in total.